The van der Waals surface area contributed by atoms with E-state index in [-0.39, 0.29) is 5.91 Å². The Morgan fingerprint density at radius 3 is 2.52 bits per heavy atom. The lowest BCUT2D eigenvalue weighted by Gasteiger charge is -2.15. The molecule has 1 N–H and O–H groups in total. The molecule has 3 aromatic rings. The second-order valence-electron chi connectivity index (χ2n) is 5.57. The third-order valence-corrected chi connectivity index (χ3v) is 4.25. The summed E-state index contributed by atoms with van der Waals surface area (Å²) in [5.74, 6) is -0.915. The van der Waals surface area contributed by atoms with E-state index in [9.17, 15) is 9.59 Å². The fraction of sp³-hybridized carbons (Fsp3) is 0.100. The number of esters is 1. The molecule has 1 amide bonds. The predicted octanol–water partition coefficient (Wildman–Crippen LogP) is 4.79. The molecule has 0 fully saturated rings. The molecule has 126 valence electrons. The lowest BCUT2D eigenvalue weighted by atomic mass is 10.1. The topological polar surface area (TPSA) is 55.4 Å². The first-order valence-electron chi connectivity index (χ1n) is 7.80. The van der Waals surface area contributed by atoms with Gasteiger partial charge in [0.25, 0.3) is 5.91 Å². The Bertz CT molecular complexity index is 934. The van der Waals surface area contributed by atoms with Crippen LogP contribution in [0.5, 0.6) is 0 Å². The molecule has 0 saturated carbocycles. The van der Waals surface area contributed by atoms with E-state index < -0.39 is 12.1 Å². The summed E-state index contributed by atoms with van der Waals surface area (Å²) in [5, 5.41) is 4.79. The fourth-order valence-electron chi connectivity index (χ4n) is 2.47. The molecular formula is C20H16BrNO3. The number of anilines is 1. The van der Waals surface area contributed by atoms with Gasteiger partial charge in [-0.2, -0.15) is 0 Å². The lowest BCUT2D eigenvalue weighted by molar-refractivity contribution is -0.123. The Kier molecular flexibility index (Phi) is 5.14. The number of hydrogen-bond donors (Lipinski definition) is 1. The van der Waals surface area contributed by atoms with Crippen LogP contribution in [0.25, 0.3) is 10.8 Å². The van der Waals surface area contributed by atoms with Crippen LogP contribution in [0.3, 0.4) is 0 Å². The van der Waals surface area contributed by atoms with Crippen LogP contribution in [0, 0.1) is 0 Å². The predicted molar refractivity (Wildman–Crippen MR) is 102 cm³/mol. The van der Waals surface area contributed by atoms with Crippen molar-refractivity contribution in [2.75, 3.05) is 5.32 Å². The summed E-state index contributed by atoms with van der Waals surface area (Å²) in [6.07, 6.45) is -0.912. The van der Waals surface area contributed by atoms with Crippen molar-refractivity contribution in [2.24, 2.45) is 0 Å². The molecule has 0 aromatic heterocycles. The molecule has 0 spiro atoms. The Morgan fingerprint density at radius 2 is 1.72 bits per heavy atom. The maximum Gasteiger partial charge on any atom is 0.338 e. The van der Waals surface area contributed by atoms with Crippen molar-refractivity contribution in [1.29, 1.82) is 0 Å². The van der Waals surface area contributed by atoms with Crippen LogP contribution < -0.4 is 5.32 Å². The maximum atomic E-state index is 12.4. The third-order valence-electron chi connectivity index (χ3n) is 3.76. The van der Waals surface area contributed by atoms with E-state index in [0.717, 1.165) is 15.2 Å². The molecule has 5 heteroatoms. The zero-order valence-corrected chi connectivity index (χ0v) is 15.1. The first-order chi connectivity index (χ1) is 12.0. The number of ether oxygens (including phenoxy) is 1. The minimum Gasteiger partial charge on any atom is -0.449 e. The Hall–Kier alpha value is -2.66. The number of halogens is 1. The van der Waals surface area contributed by atoms with Gasteiger partial charge in [-0.15, -0.1) is 0 Å². The second kappa shape index (κ2) is 7.49. The van der Waals surface area contributed by atoms with E-state index >= 15 is 0 Å². The normalized spacial score (nSPS) is 11.8. The third kappa shape index (κ3) is 4.06. The number of amides is 1. The molecule has 1 atom stereocenters. The average Bonchev–Trinajstić information content (AvgIpc) is 2.62. The van der Waals surface area contributed by atoms with Crippen LogP contribution in [-0.2, 0) is 9.53 Å². The number of hydrogen-bond acceptors (Lipinski definition) is 3. The van der Waals surface area contributed by atoms with Crippen LogP contribution in [0.15, 0.2) is 71.2 Å². The summed E-state index contributed by atoms with van der Waals surface area (Å²) in [5.41, 5.74) is 1.08. The largest absolute Gasteiger partial charge is 0.449 e. The highest BCUT2D eigenvalue weighted by molar-refractivity contribution is 9.10. The summed E-state index contributed by atoms with van der Waals surface area (Å²) in [4.78, 5) is 24.5. The van der Waals surface area contributed by atoms with Crippen molar-refractivity contribution in [3.8, 4) is 0 Å². The fourth-order valence-corrected chi connectivity index (χ4v) is 2.87. The van der Waals surface area contributed by atoms with E-state index in [4.69, 9.17) is 4.74 Å². The van der Waals surface area contributed by atoms with Gasteiger partial charge in [0, 0.05) is 15.5 Å². The SMILES string of the molecule is C[C@H](OC(=O)c1cccc(Br)c1)C(=O)Nc1cccc2ccccc12. The average molecular weight is 398 g/mol. The van der Waals surface area contributed by atoms with Crippen molar-refractivity contribution in [3.63, 3.8) is 0 Å². The van der Waals surface area contributed by atoms with Gasteiger partial charge in [0.2, 0.25) is 0 Å². The van der Waals surface area contributed by atoms with Gasteiger partial charge in [-0.25, -0.2) is 4.79 Å². The van der Waals surface area contributed by atoms with Gasteiger partial charge >= 0.3 is 5.97 Å². The molecule has 0 heterocycles. The molecule has 0 saturated heterocycles. The monoisotopic (exact) mass is 397 g/mol. The van der Waals surface area contributed by atoms with Gasteiger partial charge in [0.1, 0.15) is 0 Å². The molecule has 0 aliphatic carbocycles. The van der Waals surface area contributed by atoms with Crippen LogP contribution >= 0.6 is 15.9 Å². The molecule has 0 bridgehead atoms. The summed E-state index contributed by atoms with van der Waals surface area (Å²) in [7, 11) is 0. The molecule has 3 aromatic carbocycles. The molecule has 0 radical (unpaired) electrons. The quantitative estimate of drug-likeness (QED) is 0.644. The highest BCUT2D eigenvalue weighted by Gasteiger charge is 2.19. The number of carbonyl (C=O) groups excluding carboxylic acids is 2. The molecule has 3 rings (SSSR count). The summed E-state index contributed by atoms with van der Waals surface area (Å²) in [6, 6.07) is 20.3. The van der Waals surface area contributed by atoms with Crippen molar-refractivity contribution >= 4 is 44.3 Å². The van der Waals surface area contributed by atoms with Crippen molar-refractivity contribution in [1.82, 2.24) is 0 Å². The van der Waals surface area contributed by atoms with Gasteiger partial charge in [-0.3, -0.25) is 4.79 Å². The summed E-state index contributed by atoms with van der Waals surface area (Å²) < 4.78 is 6.04. The van der Waals surface area contributed by atoms with Crippen LogP contribution in [0.2, 0.25) is 0 Å². The number of nitrogens with one attached hydrogen (secondary N) is 1. The second-order valence-corrected chi connectivity index (χ2v) is 6.49. The van der Waals surface area contributed by atoms with Gasteiger partial charge < -0.3 is 10.1 Å². The highest BCUT2D eigenvalue weighted by Crippen LogP contribution is 2.23. The lowest BCUT2D eigenvalue weighted by Crippen LogP contribution is -2.30. The Balaban J connectivity index is 1.71. The minimum absolute atomic E-state index is 0.375. The molecule has 0 aliphatic rings. The highest BCUT2D eigenvalue weighted by atomic mass is 79.9. The number of fused-ring (bicyclic) bond motifs is 1. The van der Waals surface area contributed by atoms with Crippen LogP contribution in [-0.4, -0.2) is 18.0 Å². The molecule has 25 heavy (non-hydrogen) atoms. The van der Waals surface area contributed by atoms with Crippen LogP contribution in [0.4, 0.5) is 5.69 Å². The maximum absolute atomic E-state index is 12.4. The van der Waals surface area contributed by atoms with E-state index in [1.54, 1.807) is 25.1 Å². The Morgan fingerprint density at radius 1 is 1.00 bits per heavy atom. The molecule has 0 aliphatic heterocycles. The van der Waals surface area contributed by atoms with E-state index in [1.165, 1.54) is 0 Å². The number of carbonyl (C=O) groups is 2. The van der Waals surface area contributed by atoms with Crippen molar-refractivity contribution in [3.05, 3.63) is 76.8 Å². The standard InChI is InChI=1S/C20H16BrNO3/c1-13(25-20(24)15-8-4-9-16(21)12-15)19(23)22-18-11-5-7-14-6-2-3-10-17(14)18/h2-13H,1H3,(H,22,23)/t13-/m0/s1. The minimum atomic E-state index is -0.912. The first-order valence-corrected chi connectivity index (χ1v) is 8.59. The molecular weight excluding hydrogens is 382 g/mol. The zero-order chi connectivity index (χ0) is 17.8. The van der Waals surface area contributed by atoms with E-state index in [2.05, 4.69) is 21.2 Å². The van der Waals surface area contributed by atoms with Crippen molar-refractivity contribution < 1.29 is 14.3 Å². The number of rotatable bonds is 4. The summed E-state index contributed by atoms with van der Waals surface area (Å²) >= 11 is 3.31. The number of benzene rings is 3. The Labute approximate surface area is 153 Å². The van der Waals surface area contributed by atoms with E-state index in [1.807, 2.05) is 48.5 Å². The van der Waals surface area contributed by atoms with Crippen LogP contribution in [0.1, 0.15) is 17.3 Å². The van der Waals surface area contributed by atoms with Crippen molar-refractivity contribution in [2.45, 2.75) is 13.0 Å². The summed E-state index contributed by atoms with van der Waals surface area (Å²) in [6.45, 7) is 1.55. The van der Waals surface area contributed by atoms with Gasteiger partial charge in [0.15, 0.2) is 6.10 Å². The molecule has 4 nitrogen and oxygen atoms in total. The molecule has 0 unspecified atom stereocenters. The van der Waals surface area contributed by atoms with Gasteiger partial charge in [-0.05, 0) is 36.6 Å². The van der Waals surface area contributed by atoms with Gasteiger partial charge in [0.05, 0.1) is 5.56 Å². The van der Waals surface area contributed by atoms with E-state index in [0.29, 0.717) is 11.3 Å². The van der Waals surface area contributed by atoms with Gasteiger partial charge in [-0.1, -0.05) is 58.4 Å². The zero-order valence-electron chi connectivity index (χ0n) is 13.5. The smallest absolute Gasteiger partial charge is 0.338 e. The first kappa shape index (κ1) is 17.2.